The molecular formula is C17H16FN3O2S. The molecule has 1 heterocycles. The second-order valence-electron chi connectivity index (χ2n) is 5.31. The van der Waals surface area contributed by atoms with Gasteiger partial charge in [0.25, 0.3) is 0 Å². The molecule has 0 unspecified atom stereocenters. The summed E-state index contributed by atoms with van der Waals surface area (Å²) in [7, 11) is -3.53. The summed E-state index contributed by atoms with van der Waals surface area (Å²) in [5.41, 5.74) is 2.23. The van der Waals surface area contributed by atoms with Gasteiger partial charge in [-0.2, -0.15) is 0 Å². The second-order valence-corrected chi connectivity index (χ2v) is 7.11. The molecule has 0 aliphatic rings. The van der Waals surface area contributed by atoms with Crippen molar-refractivity contribution in [2.75, 3.05) is 0 Å². The highest BCUT2D eigenvalue weighted by molar-refractivity contribution is 7.88. The topological polar surface area (TPSA) is 64.0 Å². The lowest BCUT2D eigenvalue weighted by molar-refractivity contribution is 0.580. The van der Waals surface area contributed by atoms with Crippen LogP contribution in [0.5, 0.6) is 0 Å². The molecule has 5 nitrogen and oxygen atoms in total. The molecule has 24 heavy (non-hydrogen) atoms. The van der Waals surface area contributed by atoms with E-state index in [0.717, 1.165) is 11.3 Å². The van der Waals surface area contributed by atoms with Gasteiger partial charge in [0.05, 0.1) is 17.8 Å². The molecule has 2 aromatic carbocycles. The smallest absolute Gasteiger partial charge is 0.216 e. The fourth-order valence-corrected chi connectivity index (χ4v) is 3.46. The molecule has 0 bridgehead atoms. The Kier molecular flexibility index (Phi) is 4.73. The average molecular weight is 345 g/mol. The van der Waals surface area contributed by atoms with E-state index in [9.17, 15) is 12.8 Å². The number of para-hydroxylation sites is 1. The van der Waals surface area contributed by atoms with E-state index in [2.05, 4.69) is 9.71 Å². The molecule has 0 saturated heterocycles. The monoisotopic (exact) mass is 345 g/mol. The van der Waals surface area contributed by atoms with Crippen LogP contribution in [0, 0.1) is 5.82 Å². The third-order valence-electron chi connectivity index (χ3n) is 3.53. The maximum absolute atomic E-state index is 12.9. The van der Waals surface area contributed by atoms with Gasteiger partial charge in [0, 0.05) is 18.9 Å². The highest BCUT2D eigenvalue weighted by Gasteiger charge is 2.13. The number of rotatable bonds is 6. The second kappa shape index (κ2) is 6.94. The van der Waals surface area contributed by atoms with Crippen LogP contribution in [0.1, 0.15) is 11.1 Å². The van der Waals surface area contributed by atoms with E-state index in [1.54, 1.807) is 18.7 Å². The minimum atomic E-state index is -3.53. The van der Waals surface area contributed by atoms with Crippen molar-refractivity contribution >= 4 is 10.0 Å². The first-order valence-electron chi connectivity index (χ1n) is 7.31. The Hall–Kier alpha value is -2.51. The van der Waals surface area contributed by atoms with Gasteiger partial charge >= 0.3 is 0 Å². The molecule has 1 N–H and O–H groups in total. The number of halogens is 1. The summed E-state index contributed by atoms with van der Waals surface area (Å²) in [6.07, 6.45) is 5.12. The largest absolute Gasteiger partial charge is 0.306 e. The molecule has 0 aliphatic heterocycles. The highest BCUT2D eigenvalue weighted by Crippen LogP contribution is 2.15. The Morgan fingerprint density at radius 2 is 1.83 bits per heavy atom. The SMILES string of the molecule is O=S(=O)(Cc1ccc(F)cc1)NCc1ccccc1-n1ccnc1. The van der Waals surface area contributed by atoms with Crippen molar-refractivity contribution < 1.29 is 12.8 Å². The maximum Gasteiger partial charge on any atom is 0.216 e. The van der Waals surface area contributed by atoms with Crippen molar-refractivity contribution in [3.63, 3.8) is 0 Å². The molecule has 0 atom stereocenters. The molecule has 0 radical (unpaired) electrons. The van der Waals surface area contributed by atoms with Gasteiger partial charge in [0.15, 0.2) is 0 Å². The van der Waals surface area contributed by atoms with Crippen molar-refractivity contribution in [1.29, 1.82) is 0 Å². The van der Waals surface area contributed by atoms with E-state index in [1.165, 1.54) is 24.3 Å². The van der Waals surface area contributed by atoms with Crippen molar-refractivity contribution in [3.8, 4) is 5.69 Å². The van der Waals surface area contributed by atoms with Gasteiger partial charge in [-0.1, -0.05) is 30.3 Å². The predicted octanol–water partition coefficient (Wildman–Crippen LogP) is 2.63. The third kappa shape index (κ3) is 4.06. The van der Waals surface area contributed by atoms with Crippen LogP contribution in [0.2, 0.25) is 0 Å². The van der Waals surface area contributed by atoms with Crippen molar-refractivity contribution in [2.45, 2.75) is 12.3 Å². The number of aromatic nitrogens is 2. The number of hydrogen-bond donors (Lipinski definition) is 1. The molecule has 0 spiro atoms. The fourth-order valence-electron chi connectivity index (χ4n) is 2.35. The Morgan fingerprint density at radius 1 is 1.08 bits per heavy atom. The summed E-state index contributed by atoms with van der Waals surface area (Å²) in [5, 5.41) is 0. The highest BCUT2D eigenvalue weighted by atomic mass is 32.2. The number of hydrogen-bond acceptors (Lipinski definition) is 3. The zero-order chi connectivity index (χ0) is 17.0. The Labute approximate surface area is 139 Å². The molecular weight excluding hydrogens is 329 g/mol. The zero-order valence-electron chi connectivity index (χ0n) is 12.8. The summed E-state index contributed by atoms with van der Waals surface area (Å²) in [5.74, 6) is -0.584. The summed E-state index contributed by atoms with van der Waals surface area (Å²) in [6, 6.07) is 12.9. The number of nitrogens with zero attached hydrogens (tertiary/aromatic N) is 2. The van der Waals surface area contributed by atoms with Crippen LogP contribution in [-0.2, 0) is 22.3 Å². The van der Waals surface area contributed by atoms with Gasteiger partial charge in [-0.15, -0.1) is 0 Å². The van der Waals surface area contributed by atoms with E-state index in [1.807, 2.05) is 28.8 Å². The average Bonchev–Trinajstić information content (AvgIpc) is 3.10. The van der Waals surface area contributed by atoms with Gasteiger partial charge in [-0.3, -0.25) is 0 Å². The Balaban J connectivity index is 1.72. The molecule has 1 aromatic heterocycles. The van der Waals surface area contributed by atoms with Crippen LogP contribution in [0.25, 0.3) is 5.69 Å². The van der Waals surface area contributed by atoms with Crippen LogP contribution >= 0.6 is 0 Å². The minimum absolute atomic E-state index is 0.165. The lowest BCUT2D eigenvalue weighted by Gasteiger charge is -2.11. The minimum Gasteiger partial charge on any atom is -0.306 e. The van der Waals surface area contributed by atoms with Crippen LogP contribution in [0.15, 0.2) is 67.3 Å². The number of nitrogens with one attached hydrogen (secondary N) is 1. The van der Waals surface area contributed by atoms with Gasteiger partial charge < -0.3 is 4.57 Å². The summed E-state index contributed by atoms with van der Waals surface area (Å²) >= 11 is 0. The molecule has 124 valence electrons. The van der Waals surface area contributed by atoms with E-state index < -0.39 is 15.8 Å². The van der Waals surface area contributed by atoms with Crippen LogP contribution < -0.4 is 4.72 Å². The van der Waals surface area contributed by atoms with Crippen LogP contribution in [0.3, 0.4) is 0 Å². The number of benzene rings is 2. The van der Waals surface area contributed by atoms with E-state index in [4.69, 9.17) is 0 Å². The van der Waals surface area contributed by atoms with Crippen molar-refractivity contribution in [1.82, 2.24) is 14.3 Å². The molecule has 0 fully saturated rings. The summed E-state index contributed by atoms with van der Waals surface area (Å²) < 4.78 is 41.8. The van der Waals surface area contributed by atoms with Crippen LogP contribution in [-0.4, -0.2) is 18.0 Å². The fraction of sp³-hybridized carbons (Fsp3) is 0.118. The van der Waals surface area contributed by atoms with Gasteiger partial charge in [0.1, 0.15) is 5.82 Å². The Morgan fingerprint density at radius 3 is 2.54 bits per heavy atom. The van der Waals surface area contributed by atoms with Crippen LogP contribution in [0.4, 0.5) is 4.39 Å². The lowest BCUT2D eigenvalue weighted by Crippen LogP contribution is -2.25. The van der Waals surface area contributed by atoms with Gasteiger partial charge in [-0.25, -0.2) is 22.5 Å². The zero-order valence-corrected chi connectivity index (χ0v) is 13.6. The number of imidazole rings is 1. The molecule has 3 rings (SSSR count). The quantitative estimate of drug-likeness (QED) is 0.747. The van der Waals surface area contributed by atoms with E-state index >= 15 is 0 Å². The summed E-state index contributed by atoms with van der Waals surface area (Å²) in [6.45, 7) is 0.165. The first-order valence-corrected chi connectivity index (χ1v) is 8.97. The van der Waals surface area contributed by atoms with Crippen molar-refractivity contribution in [3.05, 3.63) is 84.2 Å². The molecule has 7 heteroatoms. The molecule has 0 amide bonds. The normalized spacial score (nSPS) is 11.5. The third-order valence-corrected chi connectivity index (χ3v) is 4.82. The van der Waals surface area contributed by atoms with E-state index in [-0.39, 0.29) is 12.3 Å². The molecule has 0 aliphatic carbocycles. The number of sulfonamides is 1. The standard InChI is InChI=1S/C17H16FN3O2S/c18-16-7-5-14(6-8-16)12-24(22,23)20-11-15-3-1-2-4-17(15)21-10-9-19-13-21/h1-10,13,20H,11-12H2. The van der Waals surface area contributed by atoms with Crippen molar-refractivity contribution in [2.24, 2.45) is 0 Å². The van der Waals surface area contributed by atoms with Gasteiger partial charge in [-0.05, 0) is 29.3 Å². The van der Waals surface area contributed by atoms with Gasteiger partial charge in [0.2, 0.25) is 10.0 Å². The van der Waals surface area contributed by atoms with E-state index in [0.29, 0.717) is 5.56 Å². The molecule has 0 saturated carbocycles. The summed E-state index contributed by atoms with van der Waals surface area (Å²) in [4.78, 5) is 4.01. The Bertz CT molecular complexity index is 907. The first-order chi connectivity index (χ1) is 11.5. The lowest BCUT2D eigenvalue weighted by atomic mass is 10.2. The first kappa shape index (κ1) is 16.4. The molecule has 3 aromatic rings. The predicted molar refractivity (Wildman–Crippen MR) is 89.4 cm³/mol. The maximum atomic E-state index is 12.9.